The number of nitrogens with one attached hydrogen (secondary N) is 3. The molecule has 546 valence electrons. The second kappa shape index (κ2) is 45.2. The molecule has 24 heteroatoms. The fraction of sp³-hybridized carbons (Fsp3) is 0.873. The van der Waals surface area contributed by atoms with E-state index in [1.165, 1.54) is 0 Å². The van der Waals surface area contributed by atoms with Crippen molar-refractivity contribution < 1.29 is 57.2 Å². The third-order valence-electron chi connectivity index (χ3n) is 18.5. The topological polar surface area (TPSA) is 269 Å². The van der Waals surface area contributed by atoms with E-state index >= 15 is 0 Å². The smallest absolute Gasteiger partial charge is 0.407 e. The predicted octanol–water partition coefficient (Wildman–Crippen LogP) is 10.5. The monoisotopic (exact) mass is 1350 g/mol. The van der Waals surface area contributed by atoms with Gasteiger partial charge < -0.3 is 44.4 Å². The van der Waals surface area contributed by atoms with Crippen molar-refractivity contribution in [2.24, 2.45) is 16.2 Å². The zero-order valence-electron chi connectivity index (χ0n) is 60.3. The summed E-state index contributed by atoms with van der Waals surface area (Å²) in [6.07, 6.45) is 20.4. The van der Waals surface area contributed by atoms with Gasteiger partial charge in [0.25, 0.3) is 0 Å². The second-order valence-corrected chi connectivity index (χ2v) is 28.9. The lowest BCUT2D eigenvalue weighted by Crippen LogP contribution is -2.54. The van der Waals surface area contributed by atoms with Crippen molar-refractivity contribution in [3.63, 3.8) is 0 Å². The second-order valence-electron chi connectivity index (χ2n) is 28.9. The van der Waals surface area contributed by atoms with Gasteiger partial charge in [0.05, 0.1) is 22.9 Å². The number of carbonyl (C=O) groups excluding carboxylic acids is 6. The zero-order valence-corrected chi connectivity index (χ0v) is 60.3. The third kappa shape index (κ3) is 34.0. The summed E-state index contributed by atoms with van der Waals surface area (Å²) in [5.74, 6) is -0.833. The highest BCUT2D eigenvalue weighted by Crippen LogP contribution is 2.29. The minimum Gasteiger partial charge on any atom is -0.465 e. The van der Waals surface area contributed by atoms with Gasteiger partial charge in [0.2, 0.25) is 0 Å². The van der Waals surface area contributed by atoms with Crippen molar-refractivity contribution in [2.45, 2.75) is 286 Å². The number of likely N-dealkylation sites (tertiary alicyclic amines) is 1. The molecule has 3 saturated heterocycles. The van der Waals surface area contributed by atoms with E-state index < -0.39 is 69.9 Å². The van der Waals surface area contributed by atoms with Crippen LogP contribution in [0.5, 0.6) is 0 Å². The van der Waals surface area contributed by atoms with Gasteiger partial charge in [-0.05, 0) is 119 Å². The van der Waals surface area contributed by atoms with E-state index in [0.29, 0.717) is 123 Å². The Morgan fingerprint density at radius 2 is 0.674 bits per heavy atom. The van der Waals surface area contributed by atoms with Crippen LogP contribution in [0.2, 0.25) is 0 Å². The Kier molecular flexibility index (Phi) is 39.0. The summed E-state index contributed by atoms with van der Waals surface area (Å²) in [6, 6.07) is 0. The number of amides is 3. The van der Waals surface area contributed by atoms with Crippen LogP contribution in [0.25, 0.3) is 0 Å². The molecular weight excluding hydrogens is 1220 g/mol. The number of hydrogen-bond donors (Lipinski definition) is 3. The molecule has 3 aliphatic heterocycles. The summed E-state index contributed by atoms with van der Waals surface area (Å²) in [6.45, 7) is 26.3. The highest BCUT2D eigenvalue weighted by molar-refractivity contribution is 5.77. The molecule has 0 aromatic carbocycles. The lowest BCUT2D eigenvalue weighted by atomic mass is 9.87. The van der Waals surface area contributed by atoms with Crippen LogP contribution in [0.1, 0.15) is 249 Å². The quantitative estimate of drug-likeness (QED) is 0.0237. The molecular formula is C71H127N9O15. The van der Waals surface area contributed by atoms with E-state index in [4.69, 9.17) is 28.4 Å². The number of alkyl carbamates (subject to hydrolysis) is 3. The highest BCUT2D eigenvalue weighted by Gasteiger charge is 2.34. The molecule has 3 atom stereocenters. The molecule has 4 heterocycles. The first-order valence-electron chi connectivity index (χ1n) is 37.0. The van der Waals surface area contributed by atoms with Gasteiger partial charge in [-0.15, -0.1) is 0 Å². The molecule has 3 N–H and O–H groups in total. The number of carbonyl (C=O) groups is 6. The van der Waals surface area contributed by atoms with E-state index in [0.717, 1.165) is 156 Å². The van der Waals surface area contributed by atoms with E-state index in [9.17, 15) is 43.2 Å². The number of esters is 3. The molecule has 0 aliphatic carbocycles. The zero-order chi connectivity index (χ0) is 69.5. The van der Waals surface area contributed by atoms with Crippen LogP contribution in [-0.2, 0) is 62.4 Å². The largest absolute Gasteiger partial charge is 0.465 e. The van der Waals surface area contributed by atoms with Crippen LogP contribution in [-0.4, -0.2) is 181 Å². The third-order valence-corrected chi connectivity index (χ3v) is 18.5. The van der Waals surface area contributed by atoms with Crippen molar-refractivity contribution >= 4 is 36.2 Å². The fourth-order valence-corrected chi connectivity index (χ4v) is 11.5. The predicted molar refractivity (Wildman–Crippen MR) is 368 cm³/mol. The standard InChI is InChI=1S/C71H127N9O15/c1-10-13-16-25-36-69(4,5)60(81)90-51-35-57(52-76-47-48-76)93-63(84)72-39-28-19-22-31-44-78-66(87)79(45-32-23-20-29-40-73-64(85)94-58(53-75-42-34-43-75)55-91-61(82)70(6,7)37-26-17-14-11-2)68(89)80(67(78)88)46-33-24-21-30-41-74-65(86)95-59(54-77-49-50-77)56-92-62(83)71(8,9)38-27-18-15-12-3/h57-59H,10-56H2,1-9H3,(H,72,84)(H,73,85)(H,74,86). The lowest BCUT2D eigenvalue weighted by Gasteiger charge is -2.34. The maximum Gasteiger partial charge on any atom is 0.407 e. The van der Waals surface area contributed by atoms with Gasteiger partial charge in [-0.2, -0.15) is 0 Å². The number of aromatic nitrogens is 3. The molecule has 4 rings (SSSR count). The van der Waals surface area contributed by atoms with Crippen LogP contribution >= 0.6 is 0 Å². The molecule has 1 aromatic rings. The summed E-state index contributed by atoms with van der Waals surface area (Å²) in [7, 11) is 0. The van der Waals surface area contributed by atoms with E-state index in [1.807, 2.05) is 41.5 Å². The highest BCUT2D eigenvalue weighted by atomic mass is 16.6. The average molecular weight is 1350 g/mol. The summed E-state index contributed by atoms with van der Waals surface area (Å²) < 4.78 is 37.8. The molecule has 3 amide bonds. The molecule has 1 aromatic heterocycles. The average Bonchev–Trinajstić information content (AvgIpc) is 1.22. The van der Waals surface area contributed by atoms with Gasteiger partial charge in [0.15, 0.2) is 12.2 Å². The number of hydrogen-bond acceptors (Lipinski definition) is 18. The molecule has 0 bridgehead atoms. The van der Waals surface area contributed by atoms with Gasteiger partial charge in [-0.3, -0.25) is 29.1 Å². The Hall–Kier alpha value is -5.49. The van der Waals surface area contributed by atoms with Crippen LogP contribution in [0.15, 0.2) is 14.4 Å². The molecule has 0 saturated carbocycles. The summed E-state index contributed by atoms with van der Waals surface area (Å²) in [5, 5.41) is 8.49. The fourth-order valence-electron chi connectivity index (χ4n) is 11.5. The number of unbranched alkanes of at least 4 members (excludes halogenated alkanes) is 18. The van der Waals surface area contributed by atoms with E-state index in [2.05, 4.69) is 51.4 Å². The summed E-state index contributed by atoms with van der Waals surface area (Å²) in [4.78, 5) is 126. The molecule has 3 aliphatic rings. The first-order valence-corrected chi connectivity index (χ1v) is 37.0. The SMILES string of the molecule is CCCCCCC(C)(C)C(=O)OCCC(CN1CC1)OC(=O)NCCCCCCn1c(=O)n(CCCCCCNC(=O)OC(COC(=O)C(C)(C)CCCCCC)CN2CCC2)c(=O)n(CCCCCCNC(=O)OC(COC(=O)C(C)(C)CCCCCC)CN2CC2)c1=O. The number of ether oxygens (including phenoxy) is 6. The van der Waals surface area contributed by atoms with Crippen LogP contribution < -0.4 is 33.0 Å². The molecule has 3 fully saturated rings. The minimum atomic E-state index is -0.662. The van der Waals surface area contributed by atoms with Crippen molar-refractivity contribution in [1.82, 2.24) is 44.4 Å². The maximum atomic E-state index is 14.0. The van der Waals surface area contributed by atoms with Gasteiger partial charge >= 0.3 is 53.3 Å². The van der Waals surface area contributed by atoms with Gasteiger partial charge in [0, 0.05) is 91.5 Å². The van der Waals surface area contributed by atoms with Crippen molar-refractivity contribution in [3.8, 4) is 0 Å². The molecule has 3 unspecified atom stereocenters. The normalized spacial score (nSPS) is 15.3. The van der Waals surface area contributed by atoms with Crippen LogP contribution in [0.3, 0.4) is 0 Å². The molecule has 95 heavy (non-hydrogen) atoms. The Morgan fingerprint density at radius 3 is 0.989 bits per heavy atom. The first-order chi connectivity index (χ1) is 45.5. The molecule has 0 radical (unpaired) electrons. The van der Waals surface area contributed by atoms with Crippen molar-refractivity contribution in [3.05, 3.63) is 31.5 Å². The van der Waals surface area contributed by atoms with Crippen LogP contribution in [0, 0.1) is 16.2 Å². The van der Waals surface area contributed by atoms with E-state index in [1.54, 1.807) is 0 Å². The first kappa shape index (κ1) is 81.9. The van der Waals surface area contributed by atoms with Crippen molar-refractivity contribution in [1.29, 1.82) is 0 Å². The summed E-state index contributed by atoms with van der Waals surface area (Å²) in [5.41, 5.74) is -3.83. The number of rotatable bonds is 55. The Morgan fingerprint density at radius 1 is 0.379 bits per heavy atom. The van der Waals surface area contributed by atoms with Gasteiger partial charge in [0.1, 0.15) is 19.3 Å². The lowest BCUT2D eigenvalue weighted by molar-refractivity contribution is -0.158. The van der Waals surface area contributed by atoms with Gasteiger partial charge in [-0.1, -0.05) is 136 Å². The molecule has 24 nitrogen and oxygen atoms in total. The number of nitrogens with zero attached hydrogens (tertiary/aromatic N) is 6. The van der Waals surface area contributed by atoms with Gasteiger partial charge in [-0.25, -0.2) is 42.5 Å². The van der Waals surface area contributed by atoms with E-state index in [-0.39, 0.29) is 57.4 Å². The Bertz CT molecular complexity index is 2590. The maximum absolute atomic E-state index is 14.0. The summed E-state index contributed by atoms with van der Waals surface area (Å²) >= 11 is 0. The minimum absolute atomic E-state index is 0.0195. The Balaban J connectivity index is 1.27. The Labute approximate surface area is 568 Å². The molecule has 0 spiro atoms. The van der Waals surface area contributed by atoms with Crippen LogP contribution in [0.4, 0.5) is 14.4 Å². The van der Waals surface area contributed by atoms with Crippen molar-refractivity contribution in [2.75, 3.05) is 98.4 Å².